The van der Waals surface area contributed by atoms with Crippen LogP contribution in [0.3, 0.4) is 0 Å². The zero-order chi connectivity index (χ0) is 36.0. The number of anilines is 2. The first-order valence-electron chi connectivity index (χ1n) is 16.8. The van der Waals surface area contributed by atoms with Gasteiger partial charge in [-0.05, 0) is 89.6 Å². The second kappa shape index (κ2) is 13.7. The lowest BCUT2D eigenvalue weighted by molar-refractivity contribution is 0.730. The van der Waals surface area contributed by atoms with Gasteiger partial charge in [0.2, 0.25) is 0 Å². The Kier molecular flexibility index (Phi) is 10.7. The van der Waals surface area contributed by atoms with Crippen LogP contribution in [0.15, 0.2) is 73.8 Å². The minimum Gasteiger partial charge on any atom is -0.378 e. The molecule has 0 aliphatic carbocycles. The van der Waals surface area contributed by atoms with Crippen molar-refractivity contribution in [3.05, 3.63) is 106 Å². The van der Waals surface area contributed by atoms with E-state index in [4.69, 9.17) is 0 Å². The average Bonchev–Trinajstić information content (AvgIpc) is 3.64. The molecule has 2 aromatic carbocycles. The SMILES string of the molecule is C=C(c1ccc(N(C)C)cc1)c1cc([Si](C)(C)C(C)(C)C)sc1C#Cc1sc([Si](C)(C)C(C)(C)C)cc1C(=C)c1ccc(N(C)C)cc1. The van der Waals surface area contributed by atoms with Gasteiger partial charge in [0.15, 0.2) is 0 Å². The van der Waals surface area contributed by atoms with Gasteiger partial charge in [0.25, 0.3) is 0 Å². The van der Waals surface area contributed by atoms with Crippen molar-refractivity contribution < 1.29 is 0 Å². The van der Waals surface area contributed by atoms with Crippen LogP contribution in [0.2, 0.25) is 36.3 Å². The summed E-state index contributed by atoms with van der Waals surface area (Å²) in [5.74, 6) is 7.46. The van der Waals surface area contributed by atoms with Gasteiger partial charge in [0.1, 0.15) is 0 Å². The molecule has 0 saturated heterocycles. The van der Waals surface area contributed by atoms with Crippen molar-refractivity contribution in [3.63, 3.8) is 0 Å². The summed E-state index contributed by atoms with van der Waals surface area (Å²) in [5, 5.41) is 0.431. The Morgan fingerprint density at radius 1 is 0.562 bits per heavy atom. The molecule has 0 unspecified atom stereocenters. The first kappa shape index (κ1) is 37.7. The van der Waals surface area contributed by atoms with Crippen molar-refractivity contribution in [1.29, 1.82) is 0 Å². The largest absolute Gasteiger partial charge is 0.378 e. The molecule has 0 aliphatic rings. The van der Waals surface area contributed by atoms with Crippen LogP contribution in [0.5, 0.6) is 0 Å². The molecule has 2 heterocycles. The molecule has 0 bridgehead atoms. The molecule has 0 N–H and O–H groups in total. The first-order chi connectivity index (χ1) is 22.1. The van der Waals surface area contributed by atoms with Crippen molar-refractivity contribution in [2.45, 2.75) is 77.8 Å². The lowest BCUT2D eigenvalue weighted by Gasteiger charge is -2.35. The molecule has 0 atom stereocenters. The summed E-state index contributed by atoms with van der Waals surface area (Å²) < 4.78 is 2.94. The summed E-state index contributed by atoms with van der Waals surface area (Å²) in [4.78, 5) is 6.46. The molecule has 48 heavy (non-hydrogen) atoms. The molecule has 6 heteroatoms. The third kappa shape index (κ3) is 7.55. The fourth-order valence-corrected chi connectivity index (χ4v) is 13.7. The number of hydrogen-bond acceptors (Lipinski definition) is 4. The molecule has 0 spiro atoms. The maximum Gasteiger partial charge on any atom is 0.0988 e. The second-order valence-corrected chi connectivity index (χ2v) is 30.0. The van der Waals surface area contributed by atoms with Gasteiger partial charge in [-0.25, -0.2) is 0 Å². The van der Waals surface area contributed by atoms with Crippen LogP contribution >= 0.6 is 22.7 Å². The zero-order valence-corrected chi connectivity index (χ0v) is 35.5. The fraction of sp³-hybridized carbons (Fsp3) is 0.381. The second-order valence-electron chi connectivity index (χ2n) is 16.5. The first-order valence-corrected chi connectivity index (χ1v) is 24.4. The number of nitrogens with zero attached hydrogens (tertiary/aromatic N) is 2. The Labute approximate surface area is 302 Å². The highest BCUT2D eigenvalue weighted by atomic mass is 32.1. The van der Waals surface area contributed by atoms with Crippen molar-refractivity contribution >= 4 is 70.3 Å². The molecular weight excluding hydrogens is 653 g/mol. The normalized spacial score (nSPS) is 12.4. The van der Waals surface area contributed by atoms with Gasteiger partial charge in [-0.2, -0.15) is 0 Å². The zero-order valence-electron chi connectivity index (χ0n) is 31.9. The molecule has 2 aromatic heterocycles. The van der Waals surface area contributed by atoms with E-state index in [0.717, 1.165) is 43.2 Å². The van der Waals surface area contributed by atoms with Crippen molar-refractivity contribution in [1.82, 2.24) is 0 Å². The maximum absolute atomic E-state index is 4.64. The van der Waals surface area contributed by atoms with Gasteiger partial charge in [-0.15, -0.1) is 22.7 Å². The quantitative estimate of drug-likeness (QED) is 0.133. The van der Waals surface area contributed by atoms with E-state index < -0.39 is 16.1 Å². The third-order valence-corrected chi connectivity index (χ3v) is 26.5. The van der Waals surface area contributed by atoms with Crippen LogP contribution in [-0.4, -0.2) is 44.3 Å². The molecule has 2 nitrogen and oxygen atoms in total. The molecule has 254 valence electrons. The lowest BCUT2D eigenvalue weighted by Crippen LogP contribution is -2.47. The highest BCUT2D eigenvalue weighted by Crippen LogP contribution is 2.41. The summed E-state index contributed by atoms with van der Waals surface area (Å²) in [6, 6.07) is 22.3. The number of benzene rings is 2. The minimum absolute atomic E-state index is 0.216. The summed E-state index contributed by atoms with van der Waals surface area (Å²) in [7, 11) is 4.69. The molecule has 0 aliphatic heterocycles. The number of thiophene rings is 2. The Bertz CT molecular complexity index is 1720. The number of hydrogen-bond donors (Lipinski definition) is 0. The highest BCUT2D eigenvalue weighted by Gasteiger charge is 2.40. The van der Waals surface area contributed by atoms with Gasteiger partial charge >= 0.3 is 0 Å². The molecule has 4 aromatic rings. The Balaban J connectivity index is 1.90. The van der Waals surface area contributed by atoms with Crippen molar-refractivity contribution in [2.24, 2.45) is 0 Å². The number of rotatable bonds is 8. The van der Waals surface area contributed by atoms with Crippen LogP contribution in [0.4, 0.5) is 11.4 Å². The van der Waals surface area contributed by atoms with E-state index in [2.05, 4.69) is 191 Å². The Morgan fingerprint density at radius 2 is 0.854 bits per heavy atom. The smallest absolute Gasteiger partial charge is 0.0988 e. The Hall–Kier alpha value is -3.09. The summed E-state index contributed by atoms with van der Waals surface area (Å²) in [5.41, 5.74) is 9.01. The van der Waals surface area contributed by atoms with Crippen LogP contribution in [-0.2, 0) is 0 Å². The minimum atomic E-state index is -1.80. The molecule has 4 rings (SSSR count). The topological polar surface area (TPSA) is 6.48 Å². The average molecular weight is 709 g/mol. The van der Waals surface area contributed by atoms with Crippen LogP contribution in [0.1, 0.15) is 73.6 Å². The van der Waals surface area contributed by atoms with E-state index >= 15 is 0 Å². The van der Waals surface area contributed by atoms with Crippen LogP contribution in [0.25, 0.3) is 11.1 Å². The van der Waals surface area contributed by atoms with Gasteiger partial charge in [0, 0.05) is 50.7 Å². The van der Waals surface area contributed by atoms with E-state index in [0.29, 0.717) is 0 Å². The predicted molar refractivity (Wildman–Crippen MR) is 226 cm³/mol. The van der Waals surface area contributed by atoms with Crippen molar-refractivity contribution in [2.75, 3.05) is 38.0 Å². The van der Waals surface area contributed by atoms with Crippen LogP contribution < -0.4 is 18.8 Å². The van der Waals surface area contributed by atoms with E-state index in [1.54, 1.807) is 0 Å². The Morgan fingerprint density at radius 3 is 1.10 bits per heavy atom. The van der Waals surface area contributed by atoms with E-state index in [-0.39, 0.29) is 10.1 Å². The van der Waals surface area contributed by atoms with Crippen molar-refractivity contribution in [3.8, 4) is 11.8 Å². The van der Waals surface area contributed by atoms with Crippen LogP contribution in [0, 0.1) is 11.8 Å². The molecule has 0 saturated carbocycles. The molecule has 0 fully saturated rings. The summed E-state index contributed by atoms with van der Waals surface area (Å²) in [6.45, 7) is 33.5. The van der Waals surface area contributed by atoms with E-state index in [1.165, 1.54) is 20.4 Å². The maximum atomic E-state index is 4.64. The predicted octanol–water partition coefficient (Wildman–Crippen LogP) is 10.9. The summed E-state index contributed by atoms with van der Waals surface area (Å²) in [6.07, 6.45) is 0. The summed E-state index contributed by atoms with van der Waals surface area (Å²) >= 11 is 3.76. The fourth-order valence-electron chi connectivity index (χ4n) is 5.12. The molecule has 0 amide bonds. The highest BCUT2D eigenvalue weighted by molar-refractivity contribution is 7.28. The molecular formula is C42H56N2S2Si2. The van der Waals surface area contributed by atoms with Gasteiger partial charge in [0.05, 0.1) is 25.9 Å². The lowest BCUT2D eigenvalue weighted by atomic mass is 9.99. The van der Waals surface area contributed by atoms with Gasteiger partial charge in [-0.3, -0.25) is 0 Å². The monoisotopic (exact) mass is 708 g/mol. The van der Waals surface area contributed by atoms with Gasteiger partial charge in [-0.1, -0.05) is 105 Å². The standard InChI is InChI=1S/C42H56N2S2Si2/c1-29(31-17-21-33(22-18-31)43(9)10)35-27-39(47(13,14)41(3,4)5)45-37(35)25-26-38-36(28-40(46-38)48(15,16)42(6,7)8)30(2)32-19-23-34(24-20-32)44(11)12/h17-24,27-28H,1-2H2,3-16H3. The van der Waals surface area contributed by atoms with E-state index in [9.17, 15) is 0 Å². The van der Waals surface area contributed by atoms with E-state index in [1.807, 2.05) is 22.7 Å². The van der Waals surface area contributed by atoms with Gasteiger partial charge < -0.3 is 9.80 Å². The molecule has 0 radical (unpaired) electrons. The third-order valence-electron chi connectivity index (χ3n) is 10.9.